The molecule has 0 radical (unpaired) electrons. The van der Waals surface area contributed by atoms with Gasteiger partial charge in [0.15, 0.2) is 28.6 Å². The molecule has 1 heterocycles. The van der Waals surface area contributed by atoms with Crippen LogP contribution in [-0.4, -0.2) is 54.8 Å². The molecule has 0 aliphatic heterocycles. The topological polar surface area (TPSA) is 90.6 Å². The van der Waals surface area contributed by atoms with Crippen molar-refractivity contribution in [3.05, 3.63) is 59.5 Å². The molecule has 0 spiro atoms. The number of benzene rings is 3. The molecule has 1 aromatic heterocycles. The normalized spacial score (nSPS) is 10.6. The summed E-state index contributed by atoms with van der Waals surface area (Å²) in [5.74, 6) is 4.02. The molecule has 37 heavy (non-hydrogen) atoms. The Bertz CT molecular complexity index is 1320. The van der Waals surface area contributed by atoms with Crippen molar-refractivity contribution in [1.29, 1.82) is 0 Å². The van der Waals surface area contributed by atoms with Gasteiger partial charge < -0.3 is 37.6 Å². The van der Waals surface area contributed by atoms with Gasteiger partial charge in [0.1, 0.15) is 11.3 Å². The molecule has 4 rings (SSSR count). The van der Waals surface area contributed by atoms with Crippen molar-refractivity contribution in [2.75, 3.05) is 49.8 Å². The molecule has 0 amide bonds. The Morgan fingerprint density at radius 3 is 1.51 bits per heavy atom. The molecular weight excluding hydrogens is 478 g/mol. The lowest BCUT2D eigenvalue weighted by Gasteiger charge is -2.18. The van der Waals surface area contributed by atoms with Gasteiger partial charge >= 0.3 is 0 Å². The lowest BCUT2D eigenvalue weighted by Crippen LogP contribution is -2.00. The molecule has 9 nitrogen and oxygen atoms in total. The first-order valence-electron chi connectivity index (χ1n) is 11.3. The number of hydrogen-bond acceptors (Lipinski definition) is 9. The molecule has 194 valence electrons. The monoisotopic (exact) mass is 507 g/mol. The van der Waals surface area contributed by atoms with Crippen LogP contribution >= 0.6 is 0 Å². The van der Waals surface area contributed by atoms with Gasteiger partial charge in [-0.3, -0.25) is 0 Å². The van der Waals surface area contributed by atoms with Gasteiger partial charge in [-0.05, 0) is 53.1 Å². The van der Waals surface area contributed by atoms with Crippen LogP contribution in [0.3, 0.4) is 0 Å². The van der Waals surface area contributed by atoms with Gasteiger partial charge in [0.25, 0.3) is 0 Å². The quantitative estimate of drug-likeness (QED) is 0.277. The van der Waals surface area contributed by atoms with Gasteiger partial charge in [-0.15, -0.1) is 0 Å². The fraction of sp³-hybridized carbons (Fsp3) is 0.250. The summed E-state index contributed by atoms with van der Waals surface area (Å²) >= 11 is 0. The van der Waals surface area contributed by atoms with E-state index in [1.54, 1.807) is 49.8 Å². The van der Waals surface area contributed by atoms with Gasteiger partial charge in [0, 0.05) is 12.1 Å². The molecule has 0 atom stereocenters. The zero-order valence-corrected chi connectivity index (χ0v) is 21.8. The Morgan fingerprint density at radius 2 is 1.11 bits per heavy atom. The predicted molar refractivity (Wildman–Crippen MR) is 140 cm³/mol. The number of rotatable bonds is 10. The summed E-state index contributed by atoms with van der Waals surface area (Å²) in [4.78, 5) is 4.65. The minimum absolute atomic E-state index is 0.390. The van der Waals surface area contributed by atoms with Crippen molar-refractivity contribution >= 4 is 22.7 Å². The first-order valence-corrected chi connectivity index (χ1v) is 11.3. The van der Waals surface area contributed by atoms with E-state index in [2.05, 4.69) is 4.98 Å². The molecule has 0 N–H and O–H groups in total. The average molecular weight is 508 g/mol. The van der Waals surface area contributed by atoms with E-state index >= 15 is 0 Å². The molecule has 0 bridgehead atoms. The van der Waals surface area contributed by atoms with Crippen molar-refractivity contribution in [1.82, 2.24) is 4.98 Å². The highest BCUT2D eigenvalue weighted by Gasteiger charge is 2.21. The third-order valence-electron chi connectivity index (χ3n) is 5.83. The summed E-state index contributed by atoms with van der Waals surface area (Å²) in [5, 5.41) is 0. The number of methoxy groups -OCH3 is 7. The summed E-state index contributed by atoms with van der Waals surface area (Å²) in [5.41, 5.74) is 3.53. The maximum Gasteiger partial charge on any atom is 0.220 e. The molecule has 4 aromatic rings. The molecule has 0 saturated heterocycles. The van der Waals surface area contributed by atoms with E-state index in [1.807, 2.05) is 48.5 Å². The summed E-state index contributed by atoms with van der Waals surface area (Å²) in [6, 6.07) is 12.8. The minimum atomic E-state index is 0.390. The Hall–Kier alpha value is -4.53. The third-order valence-corrected chi connectivity index (χ3v) is 5.83. The fourth-order valence-corrected chi connectivity index (χ4v) is 4.04. The maximum atomic E-state index is 6.04. The molecule has 0 fully saturated rings. The zero-order valence-electron chi connectivity index (χ0n) is 21.8. The highest BCUT2D eigenvalue weighted by molar-refractivity contribution is 5.93. The molecule has 0 unspecified atom stereocenters. The van der Waals surface area contributed by atoms with Gasteiger partial charge in [-0.2, -0.15) is 0 Å². The molecule has 3 aromatic carbocycles. The summed E-state index contributed by atoms with van der Waals surface area (Å²) in [6.07, 6.45) is 1.83. The van der Waals surface area contributed by atoms with E-state index < -0.39 is 0 Å². The standard InChI is InChI=1S/C28H29NO8/c1-30-18-8-9-21-20(14-18)29-26(37-21)15-19(16-10-22(31-2)27(35-6)23(11-16)32-3)17-12-24(33-4)28(36-7)25(13-17)34-5/h8-15H,1-7H3. The number of oxazole rings is 1. The lowest BCUT2D eigenvalue weighted by atomic mass is 9.95. The predicted octanol–water partition coefficient (Wildman–Crippen LogP) is 5.48. The van der Waals surface area contributed by atoms with Crippen molar-refractivity contribution in [2.45, 2.75) is 0 Å². The van der Waals surface area contributed by atoms with Crippen LogP contribution in [0.5, 0.6) is 40.2 Å². The van der Waals surface area contributed by atoms with Crippen molar-refractivity contribution in [3.8, 4) is 40.2 Å². The van der Waals surface area contributed by atoms with Crippen molar-refractivity contribution < 1.29 is 37.6 Å². The molecule has 0 aliphatic rings. The molecule has 0 saturated carbocycles. The van der Waals surface area contributed by atoms with Crippen molar-refractivity contribution in [2.24, 2.45) is 0 Å². The number of hydrogen-bond donors (Lipinski definition) is 0. The average Bonchev–Trinajstić information content (AvgIpc) is 3.35. The highest BCUT2D eigenvalue weighted by Crippen LogP contribution is 2.45. The second kappa shape index (κ2) is 11.0. The summed E-state index contributed by atoms with van der Waals surface area (Å²) in [6.45, 7) is 0. The van der Waals surface area contributed by atoms with Crippen LogP contribution in [0.2, 0.25) is 0 Å². The van der Waals surface area contributed by atoms with Gasteiger partial charge in [0.2, 0.25) is 17.4 Å². The van der Waals surface area contributed by atoms with E-state index in [1.165, 1.54) is 0 Å². The van der Waals surface area contributed by atoms with Gasteiger partial charge in [-0.25, -0.2) is 4.98 Å². The Morgan fingerprint density at radius 1 is 0.622 bits per heavy atom. The first-order chi connectivity index (χ1) is 18.0. The van der Waals surface area contributed by atoms with Crippen molar-refractivity contribution in [3.63, 3.8) is 0 Å². The number of ether oxygens (including phenoxy) is 7. The summed E-state index contributed by atoms with van der Waals surface area (Å²) < 4.78 is 44.8. The molecule has 9 heteroatoms. The van der Waals surface area contributed by atoms with E-state index in [0.717, 1.165) is 16.7 Å². The minimum Gasteiger partial charge on any atom is -0.497 e. The van der Waals surface area contributed by atoms with E-state index in [4.69, 9.17) is 37.6 Å². The van der Waals surface area contributed by atoms with Crippen LogP contribution in [0.25, 0.3) is 22.7 Å². The molecule has 0 aliphatic carbocycles. The van der Waals surface area contributed by atoms with E-state index in [9.17, 15) is 0 Å². The fourth-order valence-electron chi connectivity index (χ4n) is 4.04. The van der Waals surface area contributed by atoms with Crippen LogP contribution in [0.1, 0.15) is 17.0 Å². The number of aromatic nitrogens is 1. The van der Waals surface area contributed by atoms with Gasteiger partial charge in [0.05, 0.1) is 49.8 Å². The van der Waals surface area contributed by atoms with Crippen LogP contribution < -0.4 is 33.2 Å². The molecular formula is C28H29NO8. The van der Waals surface area contributed by atoms with Crippen LogP contribution in [0, 0.1) is 0 Å². The zero-order chi connectivity index (χ0) is 26.5. The van der Waals surface area contributed by atoms with Crippen LogP contribution in [-0.2, 0) is 0 Å². The van der Waals surface area contributed by atoms with E-state index in [0.29, 0.717) is 57.2 Å². The largest absolute Gasteiger partial charge is 0.497 e. The Kier molecular flexibility index (Phi) is 7.62. The van der Waals surface area contributed by atoms with Crippen LogP contribution in [0.4, 0.5) is 0 Å². The Balaban J connectivity index is 2.00. The first kappa shape index (κ1) is 25.6. The third kappa shape index (κ3) is 4.93. The number of nitrogens with zero attached hydrogens (tertiary/aromatic N) is 1. The second-order valence-electron chi connectivity index (χ2n) is 7.77. The number of fused-ring (bicyclic) bond motifs is 1. The van der Waals surface area contributed by atoms with E-state index in [-0.39, 0.29) is 0 Å². The smallest absolute Gasteiger partial charge is 0.220 e. The SMILES string of the molecule is COc1ccc2oc(C=C(c3cc(OC)c(OC)c(OC)c3)c3cc(OC)c(OC)c(OC)c3)nc2c1. The summed E-state index contributed by atoms with van der Waals surface area (Å²) in [7, 11) is 11.0. The highest BCUT2D eigenvalue weighted by atomic mass is 16.5. The lowest BCUT2D eigenvalue weighted by molar-refractivity contribution is 0.324. The Labute approximate surface area is 215 Å². The van der Waals surface area contributed by atoms with Gasteiger partial charge in [-0.1, -0.05) is 0 Å². The van der Waals surface area contributed by atoms with Crippen LogP contribution in [0.15, 0.2) is 46.9 Å². The maximum absolute atomic E-state index is 6.04. The second-order valence-corrected chi connectivity index (χ2v) is 7.77.